The van der Waals surface area contributed by atoms with Gasteiger partial charge in [0.25, 0.3) is 0 Å². The number of nitrogens with one attached hydrogen (secondary N) is 1. The number of aromatic amines is 1. The molecular formula is C13H9N2O2S-. The number of rotatable bonds is 3. The molecule has 0 fully saturated rings. The van der Waals surface area contributed by atoms with Gasteiger partial charge in [0.2, 0.25) is 0 Å². The summed E-state index contributed by atoms with van der Waals surface area (Å²) in [5, 5.41) is 14.2. The highest BCUT2D eigenvalue weighted by Gasteiger charge is 2.09. The molecular weight excluding hydrogens is 248 g/mol. The van der Waals surface area contributed by atoms with E-state index < -0.39 is 5.97 Å². The van der Waals surface area contributed by atoms with Gasteiger partial charge in [0.15, 0.2) is 0 Å². The molecule has 0 bridgehead atoms. The van der Waals surface area contributed by atoms with Crippen LogP contribution in [-0.2, 0) is 11.2 Å². The molecule has 0 spiro atoms. The number of aliphatic carboxylic acids is 1. The third-order valence-electron chi connectivity index (χ3n) is 2.70. The molecule has 3 rings (SSSR count). The first-order valence-corrected chi connectivity index (χ1v) is 6.33. The lowest BCUT2D eigenvalue weighted by molar-refractivity contribution is -0.304. The first-order chi connectivity index (χ1) is 8.74. The predicted molar refractivity (Wildman–Crippen MR) is 68.1 cm³/mol. The number of benzene rings is 1. The Hall–Kier alpha value is -2.14. The maximum absolute atomic E-state index is 10.5. The Kier molecular flexibility index (Phi) is 2.60. The summed E-state index contributed by atoms with van der Waals surface area (Å²) in [6.07, 6.45) is 1.76. The second kappa shape index (κ2) is 4.27. The molecule has 0 amide bonds. The summed E-state index contributed by atoms with van der Waals surface area (Å²) >= 11 is 1.44. The van der Waals surface area contributed by atoms with E-state index in [9.17, 15) is 9.90 Å². The molecule has 90 valence electrons. The number of carbonyl (C=O) groups excluding carboxylic acids is 1. The quantitative estimate of drug-likeness (QED) is 0.774. The molecule has 2 aromatic heterocycles. The lowest BCUT2D eigenvalue weighted by Crippen LogP contribution is -2.24. The largest absolute Gasteiger partial charge is 0.550 e. The average Bonchev–Trinajstić information content (AvgIpc) is 2.94. The fourth-order valence-corrected chi connectivity index (χ4v) is 2.76. The van der Waals surface area contributed by atoms with Crippen LogP contribution in [0.5, 0.6) is 0 Å². The molecule has 4 nitrogen and oxygen atoms in total. The minimum absolute atomic E-state index is 0.140. The second-order valence-corrected chi connectivity index (χ2v) is 4.80. The fraction of sp³-hybridized carbons (Fsp3) is 0.0769. The summed E-state index contributed by atoms with van der Waals surface area (Å²) in [5.74, 6) is -1.11. The van der Waals surface area contributed by atoms with E-state index in [0.717, 1.165) is 21.5 Å². The van der Waals surface area contributed by atoms with Crippen LogP contribution in [-0.4, -0.2) is 15.9 Å². The van der Waals surface area contributed by atoms with Gasteiger partial charge in [0.05, 0.1) is 5.69 Å². The van der Waals surface area contributed by atoms with Crippen LogP contribution in [0.4, 0.5) is 0 Å². The van der Waals surface area contributed by atoms with Crippen LogP contribution in [0.1, 0.15) is 5.69 Å². The first-order valence-electron chi connectivity index (χ1n) is 5.45. The van der Waals surface area contributed by atoms with Gasteiger partial charge < -0.3 is 14.9 Å². The van der Waals surface area contributed by atoms with Crippen LogP contribution in [0.25, 0.3) is 21.5 Å². The van der Waals surface area contributed by atoms with Crippen molar-refractivity contribution in [1.29, 1.82) is 0 Å². The van der Waals surface area contributed by atoms with Crippen molar-refractivity contribution in [1.82, 2.24) is 9.97 Å². The zero-order chi connectivity index (χ0) is 12.5. The van der Waals surface area contributed by atoms with E-state index in [-0.39, 0.29) is 6.42 Å². The Balaban J connectivity index is 2.04. The number of thiazole rings is 1. The van der Waals surface area contributed by atoms with E-state index in [1.165, 1.54) is 11.3 Å². The molecule has 18 heavy (non-hydrogen) atoms. The topological polar surface area (TPSA) is 68.8 Å². The summed E-state index contributed by atoms with van der Waals surface area (Å²) in [4.78, 5) is 18.0. The highest BCUT2D eigenvalue weighted by atomic mass is 32.1. The molecule has 0 saturated carbocycles. The highest BCUT2D eigenvalue weighted by Crippen LogP contribution is 2.30. The molecule has 0 atom stereocenters. The Bertz CT molecular complexity index is 714. The predicted octanol–water partition coefficient (Wildman–Crippen LogP) is 1.58. The smallest absolute Gasteiger partial charge is 0.125 e. The number of carboxylic acids is 1. The minimum Gasteiger partial charge on any atom is -0.550 e. The molecule has 0 saturated heterocycles. The molecule has 0 aliphatic carbocycles. The summed E-state index contributed by atoms with van der Waals surface area (Å²) in [5.41, 5.74) is 2.59. The van der Waals surface area contributed by atoms with E-state index >= 15 is 0 Å². The van der Waals surface area contributed by atoms with Crippen molar-refractivity contribution in [3.8, 4) is 10.6 Å². The third kappa shape index (κ3) is 1.89. The number of carboxylic acid groups (broad SMARTS) is 1. The Labute approximate surface area is 107 Å². The van der Waals surface area contributed by atoms with Gasteiger partial charge in [-0.2, -0.15) is 0 Å². The molecule has 0 aliphatic heterocycles. The summed E-state index contributed by atoms with van der Waals surface area (Å²) in [6.45, 7) is 0. The Morgan fingerprint density at radius 2 is 2.22 bits per heavy atom. The number of para-hydroxylation sites is 1. The van der Waals surface area contributed by atoms with Gasteiger partial charge in [0.1, 0.15) is 5.01 Å². The van der Waals surface area contributed by atoms with Gasteiger partial charge in [-0.1, -0.05) is 18.2 Å². The van der Waals surface area contributed by atoms with E-state index in [1.807, 2.05) is 30.5 Å². The van der Waals surface area contributed by atoms with Gasteiger partial charge in [-0.3, -0.25) is 0 Å². The molecule has 2 heterocycles. The first kappa shape index (κ1) is 11.0. The number of hydrogen-bond donors (Lipinski definition) is 1. The van der Waals surface area contributed by atoms with Crippen LogP contribution in [0, 0.1) is 0 Å². The van der Waals surface area contributed by atoms with Gasteiger partial charge in [-0.25, -0.2) is 4.98 Å². The molecule has 5 heteroatoms. The Morgan fingerprint density at radius 1 is 1.39 bits per heavy atom. The van der Waals surface area contributed by atoms with Crippen molar-refractivity contribution in [2.24, 2.45) is 0 Å². The van der Waals surface area contributed by atoms with E-state index in [0.29, 0.717) is 5.69 Å². The SMILES string of the molecule is O=C([O-])Cc1csc(-c2c[nH]c3ccccc23)n1. The number of nitrogens with zero attached hydrogens (tertiary/aromatic N) is 1. The van der Waals surface area contributed by atoms with E-state index in [1.54, 1.807) is 5.38 Å². The maximum Gasteiger partial charge on any atom is 0.125 e. The molecule has 0 aliphatic rings. The van der Waals surface area contributed by atoms with Crippen LogP contribution >= 0.6 is 11.3 Å². The van der Waals surface area contributed by atoms with Crippen molar-refractivity contribution < 1.29 is 9.90 Å². The number of carbonyl (C=O) groups is 1. The van der Waals surface area contributed by atoms with Crippen LogP contribution in [0.2, 0.25) is 0 Å². The minimum atomic E-state index is -1.11. The number of H-pyrrole nitrogens is 1. The number of hydrogen-bond acceptors (Lipinski definition) is 4. The zero-order valence-corrected chi connectivity index (χ0v) is 10.2. The zero-order valence-electron chi connectivity index (χ0n) is 9.34. The summed E-state index contributed by atoms with van der Waals surface area (Å²) in [6, 6.07) is 7.94. The second-order valence-electron chi connectivity index (χ2n) is 3.94. The number of fused-ring (bicyclic) bond motifs is 1. The molecule has 0 radical (unpaired) electrons. The lowest BCUT2D eigenvalue weighted by atomic mass is 10.2. The van der Waals surface area contributed by atoms with Crippen molar-refractivity contribution in [2.45, 2.75) is 6.42 Å². The van der Waals surface area contributed by atoms with Crippen molar-refractivity contribution in [3.63, 3.8) is 0 Å². The van der Waals surface area contributed by atoms with Gasteiger partial charge in [0, 0.05) is 40.4 Å². The molecule has 0 unspecified atom stereocenters. The number of aromatic nitrogens is 2. The van der Waals surface area contributed by atoms with Gasteiger partial charge in [-0.15, -0.1) is 11.3 Å². The van der Waals surface area contributed by atoms with Crippen molar-refractivity contribution in [2.75, 3.05) is 0 Å². The molecule has 1 aromatic carbocycles. The van der Waals surface area contributed by atoms with E-state index in [4.69, 9.17) is 0 Å². The summed E-state index contributed by atoms with van der Waals surface area (Å²) < 4.78 is 0. The van der Waals surface area contributed by atoms with Gasteiger partial charge >= 0.3 is 0 Å². The third-order valence-corrected chi connectivity index (χ3v) is 3.62. The monoisotopic (exact) mass is 257 g/mol. The normalized spacial score (nSPS) is 10.9. The standard InChI is InChI=1S/C13H10N2O2S/c16-12(17)5-8-7-18-13(15-8)10-6-14-11-4-2-1-3-9(10)11/h1-4,6-7,14H,5H2,(H,16,17)/p-1. The highest BCUT2D eigenvalue weighted by molar-refractivity contribution is 7.13. The summed E-state index contributed by atoms with van der Waals surface area (Å²) in [7, 11) is 0. The van der Waals surface area contributed by atoms with Crippen molar-refractivity contribution in [3.05, 3.63) is 41.5 Å². The maximum atomic E-state index is 10.5. The van der Waals surface area contributed by atoms with Gasteiger partial charge in [-0.05, 0) is 6.07 Å². The van der Waals surface area contributed by atoms with E-state index in [2.05, 4.69) is 9.97 Å². The van der Waals surface area contributed by atoms with Crippen LogP contribution < -0.4 is 5.11 Å². The van der Waals surface area contributed by atoms with Crippen LogP contribution in [0.3, 0.4) is 0 Å². The fourth-order valence-electron chi connectivity index (χ4n) is 1.91. The Morgan fingerprint density at radius 3 is 3.06 bits per heavy atom. The lowest BCUT2D eigenvalue weighted by Gasteiger charge is -1.96. The van der Waals surface area contributed by atoms with Crippen LogP contribution in [0.15, 0.2) is 35.8 Å². The molecule has 1 N–H and O–H groups in total. The average molecular weight is 257 g/mol. The van der Waals surface area contributed by atoms with Crippen molar-refractivity contribution >= 4 is 28.2 Å². The molecule has 3 aromatic rings.